The van der Waals surface area contributed by atoms with Gasteiger partial charge in [0.15, 0.2) is 5.60 Å². The fourth-order valence-corrected chi connectivity index (χ4v) is 3.00. The first-order valence-corrected chi connectivity index (χ1v) is 5.77. The Hall–Kier alpha value is -1.06. The van der Waals surface area contributed by atoms with E-state index >= 15 is 0 Å². The molecule has 3 rings (SSSR count). The van der Waals surface area contributed by atoms with Gasteiger partial charge in [0.05, 0.1) is 0 Å². The highest BCUT2D eigenvalue weighted by Crippen LogP contribution is 2.48. The number of amidine groups is 1. The van der Waals surface area contributed by atoms with Crippen molar-refractivity contribution >= 4 is 11.9 Å². The molecule has 4 heteroatoms. The quantitative estimate of drug-likeness (QED) is 0.704. The molecule has 82 valence electrons. The summed E-state index contributed by atoms with van der Waals surface area (Å²) in [5.74, 6) is 1.34. The molecule has 2 atom stereocenters. The summed E-state index contributed by atoms with van der Waals surface area (Å²) in [5.41, 5.74) is 4.80. The Morgan fingerprint density at radius 3 is 2.73 bits per heavy atom. The average molecular weight is 208 g/mol. The first-order valence-electron chi connectivity index (χ1n) is 5.77. The molecule has 0 saturated heterocycles. The van der Waals surface area contributed by atoms with Crippen molar-refractivity contribution in [3.8, 4) is 0 Å². The van der Waals surface area contributed by atoms with E-state index in [1.165, 1.54) is 19.3 Å². The van der Waals surface area contributed by atoms with Crippen molar-refractivity contribution in [2.45, 2.75) is 44.1 Å². The molecule has 0 radical (unpaired) electrons. The van der Waals surface area contributed by atoms with E-state index in [-0.39, 0.29) is 11.9 Å². The minimum atomic E-state index is -0.671. The van der Waals surface area contributed by atoms with Gasteiger partial charge in [-0.2, -0.15) is 4.99 Å². The van der Waals surface area contributed by atoms with Gasteiger partial charge in [0, 0.05) is 0 Å². The minimum Gasteiger partial charge on any atom is -0.448 e. The van der Waals surface area contributed by atoms with Crippen LogP contribution in [0.4, 0.5) is 0 Å². The Balaban J connectivity index is 1.78. The summed E-state index contributed by atoms with van der Waals surface area (Å²) >= 11 is 0. The maximum atomic E-state index is 11.8. The van der Waals surface area contributed by atoms with Crippen molar-refractivity contribution < 1.29 is 9.53 Å². The van der Waals surface area contributed by atoms with Gasteiger partial charge in [-0.25, -0.2) is 0 Å². The fraction of sp³-hybridized carbons (Fsp3) is 0.818. The fourth-order valence-electron chi connectivity index (χ4n) is 3.00. The van der Waals surface area contributed by atoms with Gasteiger partial charge in [-0.15, -0.1) is 0 Å². The summed E-state index contributed by atoms with van der Waals surface area (Å²) in [6.07, 6.45) is 6.58. The van der Waals surface area contributed by atoms with Crippen LogP contribution in [0.1, 0.15) is 38.5 Å². The molecule has 0 aromatic heterocycles. The normalized spacial score (nSPS) is 40.4. The van der Waals surface area contributed by atoms with E-state index in [1.54, 1.807) is 0 Å². The highest BCUT2D eigenvalue weighted by Gasteiger charge is 2.51. The summed E-state index contributed by atoms with van der Waals surface area (Å²) in [5, 5.41) is 0. The molecule has 2 unspecified atom stereocenters. The number of amides is 1. The van der Waals surface area contributed by atoms with Gasteiger partial charge in [0.1, 0.15) is 0 Å². The number of carbonyl (C=O) groups excluding carboxylic acids is 1. The van der Waals surface area contributed by atoms with Gasteiger partial charge < -0.3 is 10.5 Å². The van der Waals surface area contributed by atoms with Gasteiger partial charge in [0.2, 0.25) is 0 Å². The highest BCUT2D eigenvalue weighted by atomic mass is 16.5. The third-order valence-corrected chi connectivity index (χ3v) is 3.94. The average Bonchev–Trinajstić information content (AvgIpc) is 2.97. The lowest BCUT2D eigenvalue weighted by atomic mass is 9.75. The minimum absolute atomic E-state index is 0.0662. The Morgan fingerprint density at radius 1 is 1.33 bits per heavy atom. The number of nitrogens with zero attached hydrogens (tertiary/aromatic N) is 1. The molecule has 3 aliphatic rings. The predicted octanol–water partition coefficient (Wildman–Crippen LogP) is 1.20. The van der Waals surface area contributed by atoms with Crippen LogP contribution < -0.4 is 5.73 Å². The number of rotatable bonds is 1. The van der Waals surface area contributed by atoms with Gasteiger partial charge in [0.25, 0.3) is 11.9 Å². The molecule has 0 aromatic carbocycles. The van der Waals surface area contributed by atoms with Crippen molar-refractivity contribution in [3.63, 3.8) is 0 Å². The number of ether oxygens (including phenoxy) is 1. The Labute approximate surface area is 88.9 Å². The van der Waals surface area contributed by atoms with Gasteiger partial charge >= 0.3 is 0 Å². The SMILES string of the molecule is NC1=NC(=O)C2(CCCC(C3CC3)C2)O1. The maximum Gasteiger partial charge on any atom is 0.294 e. The molecule has 2 saturated carbocycles. The molecule has 1 heterocycles. The van der Waals surface area contributed by atoms with Crippen LogP contribution in [0, 0.1) is 11.8 Å². The Kier molecular flexibility index (Phi) is 1.82. The van der Waals surface area contributed by atoms with Gasteiger partial charge in [-0.3, -0.25) is 4.79 Å². The van der Waals surface area contributed by atoms with Crippen LogP contribution in [0.3, 0.4) is 0 Å². The van der Waals surface area contributed by atoms with Crippen molar-refractivity contribution in [1.29, 1.82) is 0 Å². The van der Waals surface area contributed by atoms with Crippen molar-refractivity contribution in [2.24, 2.45) is 22.6 Å². The topological polar surface area (TPSA) is 64.7 Å². The molecule has 2 aliphatic carbocycles. The Morgan fingerprint density at radius 2 is 2.13 bits per heavy atom. The molecule has 2 N–H and O–H groups in total. The number of hydrogen-bond acceptors (Lipinski definition) is 3. The summed E-state index contributed by atoms with van der Waals surface area (Å²) in [4.78, 5) is 15.5. The van der Waals surface area contributed by atoms with E-state index in [4.69, 9.17) is 10.5 Å². The van der Waals surface area contributed by atoms with E-state index in [0.29, 0.717) is 5.92 Å². The van der Waals surface area contributed by atoms with Crippen molar-refractivity contribution in [2.75, 3.05) is 0 Å². The monoisotopic (exact) mass is 208 g/mol. The second-order valence-electron chi connectivity index (χ2n) is 5.05. The van der Waals surface area contributed by atoms with Crippen molar-refractivity contribution in [1.82, 2.24) is 0 Å². The molecule has 2 fully saturated rings. The summed E-state index contributed by atoms with van der Waals surface area (Å²) in [6.45, 7) is 0. The molecule has 1 aliphatic heterocycles. The first-order chi connectivity index (χ1) is 7.20. The number of carbonyl (C=O) groups is 1. The molecule has 4 nitrogen and oxygen atoms in total. The van der Waals surface area contributed by atoms with E-state index in [9.17, 15) is 4.79 Å². The van der Waals surface area contributed by atoms with Crippen LogP contribution >= 0.6 is 0 Å². The standard InChI is InChI=1S/C11H16N2O2/c12-10-13-9(14)11(15-10)5-1-2-8(6-11)7-3-4-7/h7-8H,1-6H2,(H2,12,13,14). The highest BCUT2D eigenvalue weighted by molar-refractivity contribution is 6.00. The molecular weight excluding hydrogens is 192 g/mol. The van der Waals surface area contributed by atoms with E-state index in [2.05, 4.69) is 4.99 Å². The first kappa shape index (κ1) is 9.19. The zero-order chi connectivity index (χ0) is 10.5. The number of aliphatic imine (C=N–C) groups is 1. The molecular formula is C11H16N2O2. The van der Waals surface area contributed by atoms with E-state index in [1.807, 2.05) is 0 Å². The largest absolute Gasteiger partial charge is 0.448 e. The van der Waals surface area contributed by atoms with Crippen molar-refractivity contribution in [3.05, 3.63) is 0 Å². The zero-order valence-corrected chi connectivity index (χ0v) is 8.74. The van der Waals surface area contributed by atoms with E-state index in [0.717, 1.165) is 25.2 Å². The van der Waals surface area contributed by atoms with E-state index < -0.39 is 5.60 Å². The molecule has 0 bridgehead atoms. The summed E-state index contributed by atoms with van der Waals surface area (Å²) < 4.78 is 5.49. The van der Waals surface area contributed by atoms with Crippen LogP contribution in [-0.2, 0) is 9.53 Å². The molecule has 15 heavy (non-hydrogen) atoms. The number of nitrogens with two attached hydrogens (primary N) is 1. The third-order valence-electron chi connectivity index (χ3n) is 3.94. The molecule has 1 amide bonds. The summed E-state index contributed by atoms with van der Waals surface area (Å²) in [6, 6.07) is 0.0662. The lowest BCUT2D eigenvalue weighted by Gasteiger charge is -2.35. The molecule has 0 aromatic rings. The predicted molar refractivity (Wildman–Crippen MR) is 55.1 cm³/mol. The van der Waals surface area contributed by atoms with Crippen LogP contribution in [0.25, 0.3) is 0 Å². The lowest BCUT2D eigenvalue weighted by molar-refractivity contribution is -0.135. The maximum absolute atomic E-state index is 11.8. The number of hydrogen-bond donors (Lipinski definition) is 1. The smallest absolute Gasteiger partial charge is 0.294 e. The third kappa shape index (κ3) is 1.43. The van der Waals surface area contributed by atoms with Gasteiger partial charge in [-0.05, 0) is 50.4 Å². The van der Waals surface area contributed by atoms with Gasteiger partial charge in [-0.1, -0.05) is 0 Å². The zero-order valence-electron chi connectivity index (χ0n) is 8.74. The lowest BCUT2D eigenvalue weighted by Crippen LogP contribution is -2.43. The van der Waals surface area contributed by atoms with Crippen LogP contribution in [0.15, 0.2) is 4.99 Å². The molecule has 1 spiro atoms. The second-order valence-corrected chi connectivity index (χ2v) is 5.05. The van der Waals surface area contributed by atoms with Crippen LogP contribution in [0.2, 0.25) is 0 Å². The van der Waals surface area contributed by atoms with Crippen LogP contribution in [0.5, 0.6) is 0 Å². The van der Waals surface area contributed by atoms with Crippen LogP contribution in [-0.4, -0.2) is 17.5 Å². The summed E-state index contributed by atoms with van der Waals surface area (Å²) in [7, 11) is 0. The second kappa shape index (κ2) is 2.97. The Bertz CT molecular complexity index is 335.